The van der Waals surface area contributed by atoms with Gasteiger partial charge < -0.3 is 10.5 Å². The summed E-state index contributed by atoms with van der Waals surface area (Å²) in [6.45, 7) is 0. The van der Waals surface area contributed by atoms with Crippen LogP contribution in [0, 0.1) is 0 Å². The van der Waals surface area contributed by atoms with Gasteiger partial charge in [0.05, 0.1) is 18.2 Å². The van der Waals surface area contributed by atoms with E-state index in [1.54, 1.807) is 6.20 Å². The number of hydrogen-bond acceptors (Lipinski definition) is 4. The standard InChI is InChI=1S/C11H17N3O2/c1-14(2)10-8(16-7-3-4-7)5-6-13-9(10)11(12)15/h5-8,10H,3-4H2,1-2H3,(H2,12,15). The average Bonchev–Trinajstić information content (AvgIpc) is 3.00. The van der Waals surface area contributed by atoms with Crippen LogP contribution in [0.25, 0.3) is 0 Å². The first-order valence-corrected chi connectivity index (χ1v) is 5.45. The molecule has 16 heavy (non-hydrogen) atoms. The van der Waals surface area contributed by atoms with Crippen molar-refractivity contribution in [2.45, 2.75) is 31.1 Å². The first-order chi connectivity index (χ1) is 7.59. The van der Waals surface area contributed by atoms with Crippen molar-refractivity contribution in [3.63, 3.8) is 0 Å². The van der Waals surface area contributed by atoms with E-state index in [4.69, 9.17) is 10.5 Å². The molecule has 0 saturated heterocycles. The number of rotatable bonds is 4. The molecule has 2 aliphatic rings. The van der Waals surface area contributed by atoms with Crippen LogP contribution in [0.2, 0.25) is 0 Å². The minimum absolute atomic E-state index is 0.123. The monoisotopic (exact) mass is 223 g/mol. The maximum atomic E-state index is 11.3. The topological polar surface area (TPSA) is 67.9 Å². The van der Waals surface area contributed by atoms with E-state index < -0.39 is 5.91 Å². The van der Waals surface area contributed by atoms with E-state index >= 15 is 0 Å². The van der Waals surface area contributed by atoms with Crippen LogP contribution in [0.4, 0.5) is 0 Å². The van der Waals surface area contributed by atoms with Gasteiger partial charge in [0.2, 0.25) is 0 Å². The number of primary amides is 1. The smallest absolute Gasteiger partial charge is 0.264 e. The molecule has 2 rings (SSSR count). The largest absolute Gasteiger partial charge is 0.369 e. The van der Waals surface area contributed by atoms with Crippen LogP contribution in [0.1, 0.15) is 12.8 Å². The molecule has 1 fully saturated rings. The zero-order valence-corrected chi connectivity index (χ0v) is 9.59. The summed E-state index contributed by atoms with van der Waals surface area (Å²) in [5.41, 5.74) is 5.69. The van der Waals surface area contributed by atoms with Crippen molar-refractivity contribution in [1.29, 1.82) is 0 Å². The summed E-state index contributed by atoms with van der Waals surface area (Å²) < 4.78 is 5.84. The molecule has 5 heteroatoms. The van der Waals surface area contributed by atoms with Gasteiger partial charge in [0, 0.05) is 6.20 Å². The zero-order chi connectivity index (χ0) is 11.7. The van der Waals surface area contributed by atoms with Crippen LogP contribution in [0.5, 0.6) is 0 Å². The lowest BCUT2D eigenvalue weighted by molar-refractivity contribution is -0.112. The van der Waals surface area contributed by atoms with Crippen molar-refractivity contribution in [2.24, 2.45) is 10.7 Å². The third-order valence-corrected chi connectivity index (χ3v) is 2.76. The first-order valence-electron chi connectivity index (χ1n) is 5.45. The van der Waals surface area contributed by atoms with Crippen molar-refractivity contribution >= 4 is 11.6 Å². The third kappa shape index (κ3) is 2.31. The lowest BCUT2D eigenvalue weighted by Gasteiger charge is -2.32. The molecular weight excluding hydrogens is 206 g/mol. The van der Waals surface area contributed by atoms with Crippen molar-refractivity contribution < 1.29 is 9.53 Å². The fraction of sp³-hybridized carbons (Fsp3) is 0.636. The summed E-state index contributed by atoms with van der Waals surface area (Å²) in [6.07, 6.45) is 5.91. The van der Waals surface area contributed by atoms with Gasteiger partial charge in [0.15, 0.2) is 0 Å². The van der Waals surface area contributed by atoms with Gasteiger partial charge in [-0.2, -0.15) is 0 Å². The van der Waals surface area contributed by atoms with Crippen LogP contribution >= 0.6 is 0 Å². The van der Waals surface area contributed by atoms with E-state index in [1.807, 2.05) is 25.1 Å². The predicted molar refractivity (Wildman–Crippen MR) is 61.1 cm³/mol. The van der Waals surface area contributed by atoms with Crippen LogP contribution in [0.3, 0.4) is 0 Å². The molecule has 2 N–H and O–H groups in total. The van der Waals surface area contributed by atoms with Crippen molar-refractivity contribution in [2.75, 3.05) is 14.1 Å². The average molecular weight is 223 g/mol. The van der Waals surface area contributed by atoms with Gasteiger partial charge in [0.25, 0.3) is 5.91 Å². The predicted octanol–water partition coefficient (Wildman–Crippen LogP) is -0.0822. The summed E-state index contributed by atoms with van der Waals surface area (Å²) >= 11 is 0. The van der Waals surface area contributed by atoms with E-state index in [-0.39, 0.29) is 12.1 Å². The van der Waals surface area contributed by atoms with Crippen molar-refractivity contribution in [3.8, 4) is 0 Å². The minimum Gasteiger partial charge on any atom is -0.369 e. The van der Waals surface area contributed by atoms with Gasteiger partial charge in [-0.05, 0) is 33.0 Å². The third-order valence-electron chi connectivity index (χ3n) is 2.76. The lowest BCUT2D eigenvalue weighted by atomic mass is 10.0. The molecule has 0 radical (unpaired) electrons. The van der Waals surface area contributed by atoms with E-state index in [0.717, 1.165) is 12.8 Å². The molecule has 0 aromatic rings. The Balaban J connectivity index is 2.16. The fourth-order valence-electron chi connectivity index (χ4n) is 1.84. The van der Waals surface area contributed by atoms with E-state index in [1.165, 1.54) is 0 Å². The Hall–Kier alpha value is -1.20. The molecule has 0 spiro atoms. The second-order valence-corrected chi connectivity index (χ2v) is 4.43. The molecule has 2 unspecified atom stereocenters. The highest BCUT2D eigenvalue weighted by atomic mass is 16.5. The molecule has 0 aromatic carbocycles. The Morgan fingerprint density at radius 1 is 1.56 bits per heavy atom. The Kier molecular flexibility index (Phi) is 3.07. The van der Waals surface area contributed by atoms with Gasteiger partial charge in [-0.15, -0.1) is 0 Å². The van der Waals surface area contributed by atoms with E-state index in [2.05, 4.69) is 4.99 Å². The minimum atomic E-state index is -0.479. The van der Waals surface area contributed by atoms with E-state index in [9.17, 15) is 4.79 Å². The number of nitrogens with zero attached hydrogens (tertiary/aromatic N) is 2. The Morgan fingerprint density at radius 2 is 2.25 bits per heavy atom. The molecule has 1 aliphatic heterocycles. The van der Waals surface area contributed by atoms with Crippen LogP contribution in [-0.2, 0) is 9.53 Å². The molecule has 1 aliphatic carbocycles. The van der Waals surface area contributed by atoms with Gasteiger partial charge in [-0.1, -0.05) is 0 Å². The second kappa shape index (κ2) is 4.35. The molecule has 88 valence electrons. The number of aliphatic imine (C=N–C) groups is 1. The quantitative estimate of drug-likeness (QED) is 0.724. The summed E-state index contributed by atoms with van der Waals surface area (Å²) in [7, 11) is 3.79. The normalized spacial score (nSPS) is 29.3. The van der Waals surface area contributed by atoms with Crippen LogP contribution < -0.4 is 5.73 Å². The number of carbonyl (C=O) groups excluding carboxylic acids is 1. The maximum absolute atomic E-state index is 11.3. The van der Waals surface area contributed by atoms with Crippen molar-refractivity contribution in [3.05, 3.63) is 12.3 Å². The van der Waals surface area contributed by atoms with Crippen molar-refractivity contribution in [1.82, 2.24) is 4.90 Å². The number of ether oxygens (including phenoxy) is 1. The molecule has 0 bridgehead atoms. The summed E-state index contributed by atoms with van der Waals surface area (Å²) in [5, 5.41) is 0. The maximum Gasteiger partial charge on any atom is 0.264 e. The second-order valence-electron chi connectivity index (χ2n) is 4.43. The fourth-order valence-corrected chi connectivity index (χ4v) is 1.84. The lowest BCUT2D eigenvalue weighted by Crippen LogP contribution is -2.51. The zero-order valence-electron chi connectivity index (χ0n) is 9.59. The molecule has 1 amide bonds. The SMILES string of the molecule is CN(C)C1C(C(N)=O)=NC=CC1OC1CC1. The molecule has 5 nitrogen and oxygen atoms in total. The number of carbonyl (C=O) groups is 1. The Morgan fingerprint density at radius 3 is 2.75 bits per heavy atom. The highest BCUT2D eigenvalue weighted by Crippen LogP contribution is 2.28. The molecular formula is C11H17N3O2. The summed E-state index contributed by atoms with van der Waals surface area (Å²) in [4.78, 5) is 17.3. The number of amides is 1. The highest BCUT2D eigenvalue weighted by Gasteiger charge is 2.36. The van der Waals surface area contributed by atoms with Gasteiger partial charge in [0.1, 0.15) is 5.71 Å². The van der Waals surface area contributed by atoms with Crippen LogP contribution in [0.15, 0.2) is 17.3 Å². The molecule has 2 atom stereocenters. The highest BCUT2D eigenvalue weighted by molar-refractivity contribution is 6.40. The first kappa shape index (κ1) is 11.3. The molecule has 1 saturated carbocycles. The molecule has 1 heterocycles. The summed E-state index contributed by atoms with van der Waals surface area (Å²) in [6, 6.07) is -0.178. The van der Waals surface area contributed by atoms with Gasteiger partial charge >= 0.3 is 0 Å². The van der Waals surface area contributed by atoms with E-state index in [0.29, 0.717) is 11.8 Å². The summed E-state index contributed by atoms with van der Waals surface area (Å²) in [5.74, 6) is -0.479. The van der Waals surface area contributed by atoms with Gasteiger partial charge in [-0.3, -0.25) is 14.7 Å². The number of hydrogen-bond donors (Lipinski definition) is 1. The number of nitrogens with two attached hydrogens (primary N) is 1. The Labute approximate surface area is 95.0 Å². The molecule has 0 aromatic heterocycles. The Bertz CT molecular complexity index is 345. The van der Waals surface area contributed by atoms with Crippen LogP contribution in [-0.4, -0.2) is 48.9 Å². The number of likely N-dealkylation sites (N-methyl/N-ethyl adjacent to an activating group) is 1. The van der Waals surface area contributed by atoms with Gasteiger partial charge in [-0.25, -0.2) is 0 Å².